The molecule has 0 radical (unpaired) electrons. The molecule has 0 aromatic carbocycles. The van der Waals surface area contributed by atoms with E-state index in [9.17, 15) is 4.79 Å². The number of nitrogens with two attached hydrogens (primary N) is 1. The minimum atomic E-state index is 0.0112. The second-order valence-corrected chi connectivity index (χ2v) is 3.77. The van der Waals surface area contributed by atoms with Crippen LogP contribution in [0.1, 0.15) is 26.7 Å². The second-order valence-electron chi connectivity index (χ2n) is 3.77. The zero-order chi connectivity index (χ0) is 11.7. The Balaban J connectivity index is 3.78. The van der Waals surface area contributed by atoms with Crippen LogP contribution in [0.25, 0.3) is 0 Å². The molecule has 0 rings (SSSR count). The van der Waals surface area contributed by atoms with E-state index in [0.29, 0.717) is 25.9 Å². The molecule has 1 atom stereocenters. The van der Waals surface area contributed by atoms with E-state index in [-0.39, 0.29) is 18.0 Å². The molecule has 1 amide bonds. The van der Waals surface area contributed by atoms with Crippen LogP contribution < -0.4 is 16.4 Å². The van der Waals surface area contributed by atoms with E-state index in [1.165, 1.54) is 0 Å². The van der Waals surface area contributed by atoms with Gasteiger partial charge in [0.2, 0.25) is 5.91 Å². The van der Waals surface area contributed by atoms with Crippen molar-refractivity contribution >= 4 is 5.91 Å². The second kappa shape index (κ2) is 8.27. The summed E-state index contributed by atoms with van der Waals surface area (Å²) >= 11 is 0. The van der Waals surface area contributed by atoms with Crippen LogP contribution in [0.3, 0.4) is 0 Å². The van der Waals surface area contributed by atoms with Crippen molar-refractivity contribution in [3.05, 3.63) is 0 Å². The molecule has 1 unspecified atom stereocenters. The molecule has 4 nitrogen and oxygen atoms in total. The van der Waals surface area contributed by atoms with Crippen LogP contribution in [-0.2, 0) is 4.79 Å². The molecule has 0 fully saturated rings. The number of rotatable bonds is 7. The summed E-state index contributed by atoms with van der Waals surface area (Å²) in [4.78, 5) is 11.4. The molecular weight excluding hydrogens is 190 g/mol. The van der Waals surface area contributed by atoms with Gasteiger partial charge < -0.3 is 16.4 Å². The first-order valence-corrected chi connectivity index (χ1v) is 5.26. The highest BCUT2D eigenvalue weighted by atomic mass is 16.1. The number of carbonyl (C=O) groups is 1. The molecule has 15 heavy (non-hydrogen) atoms. The summed E-state index contributed by atoms with van der Waals surface area (Å²) in [5.74, 6) is 2.55. The van der Waals surface area contributed by atoms with Gasteiger partial charge in [-0.05, 0) is 13.8 Å². The monoisotopic (exact) mass is 211 g/mol. The van der Waals surface area contributed by atoms with Crippen molar-refractivity contribution in [3.8, 4) is 12.3 Å². The van der Waals surface area contributed by atoms with E-state index in [4.69, 9.17) is 12.2 Å². The summed E-state index contributed by atoms with van der Waals surface area (Å²) in [5.41, 5.74) is 5.54. The number of terminal acetylenes is 1. The average Bonchev–Trinajstić information content (AvgIpc) is 2.15. The Morgan fingerprint density at radius 2 is 2.20 bits per heavy atom. The number of amides is 1. The largest absolute Gasteiger partial charge is 0.354 e. The molecule has 0 aliphatic rings. The maximum Gasteiger partial charge on any atom is 0.221 e. The van der Waals surface area contributed by atoms with E-state index in [0.717, 1.165) is 0 Å². The van der Waals surface area contributed by atoms with E-state index in [2.05, 4.69) is 16.6 Å². The molecule has 0 saturated carbocycles. The number of nitrogens with one attached hydrogen (secondary N) is 2. The highest BCUT2D eigenvalue weighted by molar-refractivity contribution is 5.76. The molecule has 0 spiro atoms. The van der Waals surface area contributed by atoms with Crippen LogP contribution in [-0.4, -0.2) is 31.1 Å². The predicted molar refractivity (Wildman–Crippen MR) is 62.2 cm³/mol. The Morgan fingerprint density at radius 3 is 2.67 bits per heavy atom. The quantitative estimate of drug-likeness (QED) is 0.405. The molecule has 0 aromatic rings. The molecule has 0 aromatic heterocycles. The van der Waals surface area contributed by atoms with Crippen LogP contribution in [0.15, 0.2) is 0 Å². The molecule has 0 bridgehead atoms. The van der Waals surface area contributed by atoms with Gasteiger partial charge in [-0.1, -0.05) is 0 Å². The molecule has 0 saturated heterocycles. The van der Waals surface area contributed by atoms with Crippen LogP contribution in [0.4, 0.5) is 0 Å². The Morgan fingerprint density at radius 1 is 1.53 bits per heavy atom. The Labute approximate surface area is 92.0 Å². The minimum Gasteiger partial charge on any atom is -0.354 e. The van der Waals surface area contributed by atoms with Crippen molar-refractivity contribution < 1.29 is 4.79 Å². The van der Waals surface area contributed by atoms with Crippen molar-refractivity contribution in [2.45, 2.75) is 38.8 Å². The third-order valence-corrected chi connectivity index (χ3v) is 1.87. The lowest BCUT2D eigenvalue weighted by molar-refractivity contribution is -0.122. The topological polar surface area (TPSA) is 67.1 Å². The fourth-order valence-electron chi connectivity index (χ4n) is 1.19. The van der Waals surface area contributed by atoms with Gasteiger partial charge in [0.1, 0.15) is 0 Å². The van der Waals surface area contributed by atoms with Gasteiger partial charge in [0.15, 0.2) is 0 Å². The number of carbonyl (C=O) groups excluding carboxylic acids is 1. The Bertz CT molecular complexity index is 220. The average molecular weight is 211 g/mol. The fraction of sp³-hybridized carbons (Fsp3) is 0.727. The zero-order valence-electron chi connectivity index (χ0n) is 9.55. The lowest BCUT2D eigenvalue weighted by Crippen LogP contribution is -2.42. The Hall–Kier alpha value is -1.05. The first-order valence-electron chi connectivity index (χ1n) is 5.26. The highest BCUT2D eigenvalue weighted by Crippen LogP contribution is 1.91. The summed E-state index contributed by atoms with van der Waals surface area (Å²) in [7, 11) is 0. The van der Waals surface area contributed by atoms with Gasteiger partial charge in [0, 0.05) is 38.0 Å². The summed E-state index contributed by atoms with van der Waals surface area (Å²) < 4.78 is 0. The van der Waals surface area contributed by atoms with E-state index in [1.54, 1.807) is 0 Å². The van der Waals surface area contributed by atoms with Crippen molar-refractivity contribution in [2.75, 3.05) is 13.1 Å². The van der Waals surface area contributed by atoms with Gasteiger partial charge in [-0.2, -0.15) is 0 Å². The lowest BCUT2D eigenvalue weighted by atomic mass is 10.2. The first-order chi connectivity index (χ1) is 7.10. The highest BCUT2D eigenvalue weighted by Gasteiger charge is 2.11. The van der Waals surface area contributed by atoms with E-state index >= 15 is 0 Å². The molecule has 0 aliphatic carbocycles. The normalized spacial score (nSPS) is 12.2. The molecule has 0 aliphatic heterocycles. The summed E-state index contributed by atoms with van der Waals surface area (Å²) in [6, 6.07) is 0.179. The smallest absolute Gasteiger partial charge is 0.221 e. The Kier molecular flexibility index (Phi) is 7.69. The van der Waals surface area contributed by atoms with Gasteiger partial charge in [-0.25, -0.2) is 0 Å². The van der Waals surface area contributed by atoms with Crippen LogP contribution in [0.2, 0.25) is 0 Å². The van der Waals surface area contributed by atoms with Crippen molar-refractivity contribution in [1.82, 2.24) is 10.6 Å². The van der Waals surface area contributed by atoms with Gasteiger partial charge in [0.05, 0.1) is 0 Å². The van der Waals surface area contributed by atoms with E-state index < -0.39 is 0 Å². The minimum absolute atomic E-state index is 0.0112. The van der Waals surface area contributed by atoms with Crippen LogP contribution in [0, 0.1) is 12.3 Å². The van der Waals surface area contributed by atoms with E-state index in [1.807, 2.05) is 13.8 Å². The third-order valence-electron chi connectivity index (χ3n) is 1.87. The number of hydrogen-bond donors (Lipinski definition) is 3. The van der Waals surface area contributed by atoms with Gasteiger partial charge in [0.25, 0.3) is 0 Å². The SMILES string of the molecule is C#CCCNC(CN)CC(=O)NC(C)C. The van der Waals surface area contributed by atoms with Crippen molar-refractivity contribution in [2.24, 2.45) is 5.73 Å². The summed E-state index contributed by atoms with van der Waals surface area (Å²) in [6.45, 7) is 5.01. The fourth-order valence-corrected chi connectivity index (χ4v) is 1.19. The third kappa shape index (κ3) is 7.98. The van der Waals surface area contributed by atoms with Crippen LogP contribution >= 0.6 is 0 Å². The van der Waals surface area contributed by atoms with Crippen molar-refractivity contribution in [1.29, 1.82) is 0 Å². The van der Waals surface area contributed by atoms with Gasteiger partial charge in [-0.3, -0.25) is 4.79 Å². The molecule has 4 N–H and O–H groups in total. The molecule has 4 heteroatoms. The maximum atomic E-state index is 11.4. The molecular formula is C11H21N3O. The van der Waals surface area contributed by atoms with Gasteiger partial charge >= 0.3 is 0 Å². The van der Waals surface area contributed by atoms with Crippen molar-refractivity contribution in [3.63, 3.8) is 0 Å². The standard InChI is InChI=1S/C11H21N3O/c1-4-5-6-13-10(8-12)7-11(15)14-9(2)3/h1,9-10,13H,5-8,12H2,2-3H3,(H,14,15). The maximum absolute atomic E-state index is 11.4. The van der Waals surface area contributed by atoms with Gasteiger partial charge in [-0.15, -0.1) is 12.3 Å². The van der Waals surface area contributed by atoms with Crippen LogP contribution in [0.5, 0.6) is 0 Å². The molecule has 0 heterocycles. The molecule has 86 valence electrons. The summed E-state index contributed by atoms with van der Waals surface area (Å²) in [6.07, 6.45) is 6.18. The predicted octanol–water partition coefficient (Wildman–Crippen LogP) is -0.159. The first kappa shape index (κ1) is 13.9. The zero-order valence-corrected chi connectivity index (χ0v) is 9.55. The number of hydrogen-bond acceptors (Lipinski definition) is 3. The summed E-state index contributed by atoms with van der Waals surface area (Å²) in [5, 5.41) is 5.97. The lowest BCUT2D eigenvalue weighted by Gasteiger charge is -2.16.